The first-order chi connectivity index (χ1) is 9.02. The SMILES string of the molecule is COCC(C)CNC(C)c1ccc(OC(C)C)cc1. The van der Waals surface area contributed by atoms with Gasteiger partial charge in [0.05, 0.1) is 6.10 Å². The van der Waals surface area contributed by atoms with Gasteiger partial charge in [-0.2, -0.15) is 0 Å². The van der Waals surface area contributed by atoms with E-state index in [1.165, 1.54) is 5.56 Å². The highest BCUT2D eigenvalue weighted by molar-refractivity contribution is 5.29. The molecule has 2 atom stereocenters. The molecular formula is C16H27NO2. The summed E-state index contributed by atoms with van der Waals surface area (Å²) in [6.45, 7) is 10.2. The van der Waals surface area contributed by atoms with E-state index < -0.39 is 0 Å². The van der Waals surface area contributed by atoms with Gasteiger partial charge in [-0.25, -0.2) is 0 Å². The maximum Gasteiger partial charge on any atom is 0.119 e. The van der Waals surface area contributed by atoms with Crippen LogP contribution in [-0.2, 0) is 4.74 Å². The molecule has 19 heavy (non-hydrogen) atoms. The van der Waals surface area contributed by atoms with Crippen LogP contribution in [0, 0.1) is 5.92 Å². The van der Waals surface area contributed by atoms with Crippen LogP contribution >= 0.6 is 0 Å². The number of rotatable bonds is 8. The minimum atomic E-state index is 0.219. The molecule has 0 aliphatic heterocycles. The standard InChI is InChI=1S/C16H27NO2/c1-12(2)19-16-8-6-15(7-9-16)14(4)17-10-13(3)11-18-5/h6-9,12-14,17H,10-11H2,1-5H3. The molecule has 0 saturated heterocycles. The maximum atomic E-state index is 5.64. The molecule has 108 valence electrons. The fraction of sp³-hybridized carbons (Fsp3) is 0.625. The summed E-state index contributed by atoms with van der Waals surface area (Å²) in [6, 6.07) is 8.65. The van der Waals surface area contributed by atoms with Crippen LogP contribution in [0.1, 0.15) is 39.3 Å². The molecule has 1 aromatic carbocycles. The third kappa shape index (κ3) is 6.08. The number of nitrogens with one attached hydrogen (secondary N) is 1. The molecule has 0 amide bonds. The quantitative estimate of drug-likeness (QED) is 0.781. The Morgan fingerprint density at radius 2 is 1.68 bits per heavy atom. The maximum absolute atomic E-state index is 5.64. The second-order valence-corrected chi connectivity index (χ2v) is 5.43. The highest BCUT2D eigenvalue weighted by Gasteiger charge is 2.08. The summed E-state index contributed by atoms with van der Waals surface area (Å²) in [6.07, 6.45) is 0.219. The summed E-state index contributed by atoms with van der Waals surface area (Å²) >= 11 is 0. The molecule has 0 aliphatic rings. The van der Waals surface area contributed by atoms with Crippen LogP contribution in [-0.4, -0.2) is 26.4 Å². The number of hydrogen-bond donors (Lipinski definition) is 1. The van der Waals surface area contributed by atoms with Crippen molar-refractivity contribution in [2.24, 2.45) is 5.92 Å². The van der Waals surface area contributed by atoms with E-state index in [0.717, 1.165) is 18.9 Å². The molecule has 0 aliphatic carbocycles. The Morgan fingerprint density at radius 3 is 2.21 bits per heavy atom. The Hall–Kier alpha value is -1.06. The zero-order valence-electron chi connectivity index (χ0n) is 12.8. The van der Waals surface area contributed by atoms with Crippen molar-refractivity contribution >= 4 is 0 Å². The Labute approximate surface area is 117 Å². The minimum Gasteiger partial charge on any atom is -0.491 e. The fourth-order valence-electron chi connectivity index (χ4n) is 1.95. The zero-order chi connectivity index (χ0) is 14.3. The van der Waals surface area contributed by atoms with E-state index in [0.29, 0.717) is 12.0 Å². The van der Waals surface area contributed by atoms with Gasteiger partial charge in [-0.15, -0.1) is 0 Å². The molecule has 0 saturated carbocycles. The molecule has 3 heteroatoms. The van der Waals surface area contributed by atoms with Gasteiger partial charge in [0.1, 0.15) is 5.75 Å². The lowest BCUT2D eigenvalue weighted by Gasteiger charge is -2.18. The van der Waals surface area contributed by atoms with E-state index in [4.69, 9.17) is 9.47 Å². The van der Waals surface area contributed by atoms with Crippen molar-refractivity contribution in [1.82, 2.24) is 5.32 Å². The highest BCUT2D eigenvalue weighted by atomic mass is 16.5. The first-order valence-electron chi connectivity index (χ1n) is 7.01. The van der Waals surface area contributed by atoms with Crippen molar-refractivity contribution < 1.29 is 9.47 Å². The topological polar surface area (TPSA) is 30.5 Å². The highest BCUT2D eigenvalue weighted by Crippen LogP contribution is 2.18. The van der Waals surface area contributed by atoms with Crippen molar-refractivity contribution in [2.45, 2.75) is 39.8 Å². The van der Waals surface area contributed by atoms with Crippen molar-refractivity contribution in [3.05, 3.63) is 29.8 Å². The smallest absolute Gasteiger partial charge is 0.119 e. The van der Waals surface area contributed by atoms with E-state index >= 15 is 0 Å². The van der Waals surface area contributed by atoms with Crippen LogP contribution in [0.15, 0.2) is 24.3 Å². The number of benzene rings is 1. The summed E-state index contributed by atoms with van der Waals surface area (Å²) < 4.78 is 10.8. The second kappa shape index (κ2) is 8.18. The van der Waals surface area contributed by atoms with E-state index in [-0.39, 0.29) is 6.10 Å². The number of methoxy groups -OCH3 is 1. The van der Waals surface area contributed by atoms with Crippen LogP contribution < -0.4 is 10.1 Å². The molecule has 3 nitrogen and oxygen atoms in total. The van der Waals surface area contributed by atoms with Gasteiger partial charge >= 0.3 is 0 Å². The van der Waals surface area contributed by atoms with Crippen LogP contribution in [0.5, 0.6) is 5.75 Å². The van der Waals surface area contributed by atoms with Gasteiger partial charge < -0.3 is 14.8 Å². The van der Waals surface area contributed by atoms with Crippen molar-refractivity contribution in [3.63, 3.8) is 0 Å². The number of hydrogen-bond acceptors (Lipinski definition) is 3. The lowest BCUT2D eigenvalue weighted by molar-refractivity contribution is 0.157. The Balaban J connectivity index is 2.46. The van der Waals surface area contributed by atoms with Gasteiger partial charge in [-0.05, 0) is 44.4 Å². The Kier molecular flexibility index (Phi) is 6.89. The van der Waals surface area contributed by atoms with Crippen molar-refractivity contribution in [1.29, 1.82) is 0 Å². The van der Waals surface area contributed by atoms with Gasteiger partial charge in [0.25, 0.3) is 0 Å². The van der Waals surface area contributed by atoms with E-state index in [1.807, 2.05) is 26.0 Å². The first kappa shape index (κ1) is 16.0. The second-order valence-electron chi connectivity index (χ2n) is 5.43. The fourth-order valence-corrected chi connectivity index (χ4v) is 1.95. The average molecular weight is 265 g/mol. The summed E-state index contributed by atoms with van der Waals surface area (Å²) in [5.74, 6) is 1.45. The van der Waals surface area contributed by atoms with Gasteiger partial charge in [0.15, 0.2) is 0 Å². The lowest BCUT2D eigenvalue weighted by atomic mass is 10.1. The van der Waals surface area contributed by atoms with Gasteiger partial charge in [0, 0.05) is 26.3 Å². The molecule has 1 N–H and O–H groups in total. The minimum absolute atomic E-state index is 0.219. The van der Waals surface area contributed by atoms with Crippen LogP contribution in [0.25, 0.3) is 0 Å². The monoisotopic (exact) mass is 265 g/mol. The molecule has 2 unspecified atom stereocenters. The number of ether oxygens (including phenoxy) is 2. The normalized spacial score (nSPS) is 14.4. The molecule has 0 radical (unpaired) electrons. The molecule has 0 bridgehead atoms. The molecular weight excluding hydrogens is 238 g/mol. The predicted molar refractivity (Wildman–Crippen MR) is 79.7 cm³/mol. The molecule has 0 spiro atoms. The Bertz CT molecular complexity index is 348. The summed E-state index contributed by atoms with van der Waals surface area (Å²) in [5.41, 5.74) is 1.28. The van der Waals surface area contributed by atoms with Crippen molar-refractivity contribution in [2.75, 3.05) is 20.3 Å². The third-order valence-corrected chi connectivity index (χ3v) is 2.98. The molecule has 1 rings (SSSR count). The summed E-state index contributed by atoms with van der Waals surface area (Å²) in [5, 5.41) is 3.52. The molecule has 0 heterocycles. The van der Waals surface area contributed by atoms with E-state index in [9.17, 15) is 0 Å². The molecule has 0 fully saturated rings. The lowest BCUT2D eigenvalue weighted by Crippen LogP contribution is -2.26. The van der Waals surface area contributed by atoms with Crippen molar-refractivity contribution in [3.8, 4) is 5.75 Å². The van der Waals surface area contributed by atoms with Gasteiger partial charge in [-0.3, -0.25) is 0 Å². The molecule has 0 aromatic heterocycles. The van der Waals surface area contributed by atoms with Gasteiger partial charge in [0.2, 0.25) is 0 Å². The van der Waals surface area contributed by atoms with Gasteiger partial charge in [-0.1, -0.05) is 19.1 Å². The first-order valence-corrected chi connectivity index (χ1v) is 7.01. The zero-order valence-corrected chi connectivity index (χ0v) is 12.8. The largest absolute Gasteiger partial charge is 0.491 e. The van der Waals surface area contributed by atoms with Crippen LogP contribution in [0.4, 0.5) is 0 Å². The summed E-state index contributed by atoms with van der Waals surface area (Å²) in [7, 11) is 1.74. The van der Waals surface area contributed by atoms with E-state index in [1.54, 1.807) is 7.11 Å². The van der Waals surface area contributed by atoms with E-state index in [2.05, 4.69) is 31.3 Å². The van der Waals surface area contributed by atoms with Crippen LogP contribution in [0.3, 0.4) is 0 Å². The average Bonchev–Trinajstić information content (AvgIpc) is 2.36. The Morgan fingerprint density at radius 1 is 1.05 bits per heavy atom. The summed E-state index contributed by atoms with van der Waals surface area (Å²) in [4.78, 5) is 0. The third-order valence-electron chi connectivity index (χ3n) is 2.98. The van der Waals surface area contributed by atoms with Crippen LogP contribution in [0.2, 0.25) is 0 Å². The predicted octanol–water partition coefficient (Wildman–Crippen LogP) is 3.41. The molecule has 1 aromatic rings.